The Bertz CT molecular complexity index is 717. The third kappa shape index (κ3) is 4.59. The van der Waals surface area contributed by atoms with Crippen LogP contribution in [-0.4, -0.2) is 25.1 Å². The van der Waals surface area contributed by atoms with Crippen LogP contribution in [-0.2, 0) is 9.53 Å². The van der Waals surface area contributed by atoms with E-state index in [9.17, 15) is 9.59 Å². The molecule has 1 amide bonds. The normalized spacial score (nSPS) is 11.5. The highest BCUT2D eigenvalue weighted by atomic mass is 16.5. The molecule has 0 saturated carbocycles. The van der Waals surface area contributed by atoms with Crippen molar-refractivity contribution in [2.24, 2.45) is 0 Å². The maximum Gasteiger partial charge on any atom is 0.337 e. The summed E-state index contributed by atoms with van der Waals surface area (Å²) in [4.78, 5) is 23.6. The Labute approximate surface area is 141 Å². The lowest BCUT2D eigenvalue weighted by molar-refractivity contribution is -0.122. The summed E-state index contributed by atoms with van der Waals surface area (Å²) in [5, 5.41) is 2.76. The van der Waals surface area contributed by atoms with Crippen molar-refractivity contribution >= 4 is 17.6 Å². The van der Waals surface area contributed by atoms with Gasteiger partial charge in [0.05, 0.1) is 12.7 Å². The predicted molar refractivity (Wildman–Crippen MR) is 92.4 cm³/mol. The Balaban J connectivity index is 1.99. The monoisotopic (exact) mass is 327 g/mol. The maximum atomic E-state index is 12.2. The van der Waals surface area contributed by atoms with Gasteiger partial charge in [-0.15, -0.1) is 0 Å². The summed E-state index contributed by atoms with van der Waals surface area (Å²) >= 11 is 0. The Morgan fingerprint density at radius 2 is 1.58 bits per heavy atom. The molecule has 5 nitrogen and oxygen atoms in total. The molecule has 2 aromatic carbocycles. The van der Waals surface area contributed by atoms with Crippen LogP contribution in [0.5, 0.6) is 5.75 Å². The molecule has 2 aromatic rings. The van der Waals surface area contributed by atoms with Gasteiger partial charge in [0.2, 0.25) is 0 Å². The fraction of sp³-hybridized carbons (Fsp3) is 0.263. The van der Waals surface area contributed by atoms with Gasteiger partial charge in [-0.25, -0.2) is 4.79 Å². The van der Waals surface area contributed by atoms with E-state index >= 15 is 0 Å². The molecule has 0 aliphatic rings. The van der Waals surface area contributed by atoms with E-state index in [4.69, 9.17) is 4.74 Å². The van der Waals surface area contributed by atoms with E-state index in [1.54, 1.807) is 31.2 Å². The number of rotatable bonds is 5. The largest absolute Gasteiger partial charge is 0.481 e. The van der Waals surface area contributed by atoms with Crippen molar-refractivity contribution in [2.75, 3.05) is 12.4 Å². The van der Waals surface area contributed by atoms with Gasteiger partial charge in [0.25, 0.3) is 5.91 Å². The first-order valence-electron chi connectivity index (χ1n) is 7.63. The van der Waals surface area contributed by atoms with Gasteiger partial charge in [-0.2, -0.15) is 0 Å². The second-order valence-electron chi connectivity index (χ2n) is 5.64. The first kappa shape index (κ1) is 17.5. The highest BCUT2D eigenvalue weighted by molar-refractivity contribution is 5.95. The fourth-order valence-electron chi connectivity index (χ4n) is 2.31. The minimum atomic E-state index is -0.647. The summed E-state index contributed by atoms with van der Waals surface area (Å²) in [5.41, 5.74) is 3.17. The number of aryl methyl sites for hydroxylation is 2. The average Bonchev–Trinajstić information content (AvgIpc) is 2.53. The number of hydrogen-bond donors (Lipinski definition) is 1. The Kier molecular flexibility index (Phi) is 5.58. The third-order valence-electron chi connectivity index (χ3n) is 3.45. The lowest BCUT2D eigenvalue weighted by atomic mass is 10.1. The van der Waals surface area contributed by atoms with Crippen LogP contribution >= 0.6 is 0 Å². The predicted octanol–water partition coefficient (Wildman–Crippen LogP) is 3.50. The summed E-state index contributed by atoms with van der Waals surface area (Å²) < 4.78 is 10.3. The zero-order chi connectivity index (χ0) is 17.7. The van der Waals surface area contributed by atoms with Crippen LogP contribution in [0.15, 0.2) is 42.5 Å². The van der Waals surface area contributed by atoms with E-state index in [1.165, 1.54) is 7.11 Å². The van der Waals surface area contributed by atoms with Crippen molar-refractivity contribution in [3.8, 4) is 5.75 Å². The lowest BCUT2D eigenvalue weighted by Gasteiger charge is -2.15. The number of nitrogens with one attached hydrogen (secondary N) is 1. The number of benzene rings is 2. The van der Waals surface area contributed by atoms with Crippen molar-refractivity contribution in [3.05, 3.63) is 59.2 Å². The van der Waals surface area contributed by atoms with Crippen LogP contribution in [0, 0.1) is 13.8 Å². The van der Waals surface area contributed by atoms with E-state index in [0.29, 0.717) is 17.0 Å². The van der Waals surface area contributed by atoms with Crippen molar-refractivity contribution < 1.29 is 19.1 Å². The molecule has 0 aromatic heterocycles. The molecule has 0 heterocycles. The van der Waals surface area contributed by atoms with Gasteiger partial charge in [0.1, 0.15) is 5.75 Å². The first-order chi connectivity index (χ1) is 11.4. The molecule has 1 N–H and O–H groups in total. The summed E-state index contributed by atoms with van der Waals surface area (Å²) in [5.74, 6) is -0.0180. The molecule has 1 unspecified atom stereocenters. The number of amides is 1. The van der Waals surface area contributed by atoms with E-state index in [1.807, 2.05) is 32.0 Å². The number of methoxy groups -OCH3 is 1. The molecule has 0 spiro atoms. The molecule has 2 rings (SSSR count). The van der Waals surface area contributed by atoms with Crippen molar-refractivity contribution in [1.82, 2.24) is 0 Å². The van der Waals surface area contributed by atoms with Gasteiger partial charge >= 0.3 is 5.97 Å². The highest BCUT2D eigenvalue weighted by Gasteiger charge is 2.15. The van der Waals surface area contributed by atoms with Gasteiger partial charge < -0.3 is 14.8 Å². The van der Waals surface area contributed by atoms with Crippen LogP contribution in [0.4, 0.5) is 5.69 Å². The zero-order valence-corrected chi connectivity index (χ0v) is 14.3. The lowest BCUT2D eigenvalue weighted by Crippen LogP contribution is -2.30. The Hall–Kier alpha value is -2.82. The summed E-state index contributed by atoms with van der Waals surface area (Å²) in [6.45, 7) is 5.65. The zero-order valence-electron chi connectivity index (χ0n) is 14.3. The fourth-order valence-corrected chi connectivity index (χ4v) is 2.31. The number of carbonyl (C=O) groups excluding carboxylic acids is 2. The van der Waals surface area contributed by atoms with Gasteiger partial charge in [0.15, 0.2) is 6.10 Å². The minimum absolute atomic E-state index is 0.264. The highest BCUT2D eigenvalue weighted by Crippen LogP contribution is 2.18. The smallest absolute Gasteiger partial charge is 0.337 e. The number of carbonyl (C=O) groups is 2. The van der Waals surface area contributed by atoms with Crippen LogP contribution in [0.3, 0.4) is 0 Å². The molecule has 0 aliphatic carbocycles. The van der Waals surface area contributed by atoms with E-state index in [-0.39, 0.29) is 5.91 Å². The number of esters is 1. The van der Waals surface area contributed by atoms with Crippen molar-refractivity contribution in [3.63, 3.8) is 0 Å². The molecule has 5 heteroatoms. The first-order valence-corrected chi connectivity index (χ1v) is 7.63. The van der Waals surface area contributed by atoms with E-state index in [2.05, 4.69) is 10.1 Å². The number of anilines is 1. The molecule has 24 heavy (non-hydrogen) atoms. The molecular weight excluding hydrogens is 306 g/mol. The average molecular weight is 327 g/mol. The quantitative estimate of drug-likeness (QED) is 0.854. The van der Waals surface area contributed by atoms with Crippen LogP contribution in [0.2, 0.25) is 0 Å². The topological polar surface area (TPSA) is 64.6 Å². The van der Waals surface area contributed by atoms with Gasteiger partial charge in [0, 0.05) is 5.69 Å². The van der Waals surface area contributed by atoms with Crippen molar-refractivity contribution in [1.29, 1.82) is 0 Å². The number of hydrogen-bond acceptors (Lipinski definition) is 4. The number of ether oxygens (including phenoxy) is 2. The molecule has 1 atom stereocenters. The third-order valence-corrected chi connectivity index (χ3v) is 3.45. The van der Waals surface area contributed by atoms with Gasteiger partial charge in [-0.05, 0) is 68.3 Å². The van der Waals surface area contributed by atoms with Gasteiger partial charge in [-0.1, -0.05) is 6.07 Å². The summed E-state index contributed by atoms with van der Waals surface area (Å²) in [6.07, 6.45) is -0.647. The van der Waals surface area contributed by atoms with Crippen LogP contribution < -0.4 is 10.1 Å². The van der Waals surface area contributed by atoms with E-state index in [0.717, 1.165) is 11.1 Å². The second-order valence-corrected chi connectivity index (χ2v) is 5.64. The van der Waals surface area contributed by atoms with Crippen LogP contribution in [0.25, 0.3) is 0 Å². The standard InChI is InChI=1S/C19H21NO4/c1-12-9-13(2)11-17(10-12)24-14(3)18(21)20-16-7-5-15(6-8-16)19(22)23-4/h5-11,14H,1-4H3,(H,20,21). The van der Waals surface area contributed by atoms with E-state index < -0.39 is 12.1 Å². The molecular formula is C19H21NO4. The van der Waals surface area contributed by atoms with Crippen molar-refractivity contribution in [2.45, 2.75) is 26.9 Å². The molecule has 0 radical (unpaired) electrons. The van der Waals surface area contributed by atoms with Crippen LogP contribution in [0.1, 0.15) is 28.4 Å². The maximum absolute atomic E-state index is 12.2. The molecule has 0 aliphatic heterocycles. The van der Waals surface area contributed by atoms with Gasteiger partial charge in [-0.3, -0.25) is 4.79 Å². The Morgan fingerprint density at radius 1 is 1.00 bits per heavy atom. The molecule has 126 valence electrons. The summed E-state index contributed by atoms with van der Waals surface area (Å²) in [6, 6.07) is 12.3. The molecule has 0 fully saturated rings. The second kappa shape index (κ2) is 7.64. The molecule has 0 bridgehead atoms. The molecule has 0 saturated heterocycles. The summed E-state index contributed by atoms with van der Waals surface area (Å²) in [7, 11) is 1.32. The minimum Gasteiger partial charge on any atom is -0.481 e. The SMILES string of the molecule is COC(=O)c1ccc(NC(=O)C(C)Oc2cc(C)cc(C)c2)cc1. The Morgan fingerprint density at radius 3 is 2.12 bits per heavy atom.